The van der Waals surface area contributed by atoms with E-state index < -0.39 is 67.7 Å². The zero-order chi connectivity index (χ0) is 27.5. The van der Waals surface area contributed by atoms with Crippen molar-refractivity contribution in [3.8, 4) is 11.1 Å². The molecule has 1 aliphatic carbocycles. The summed E-state index contributed by atoms with van der Waals surface area (Å²) in [6, 6.07) is 1.78. The highest BCUT2D eigenvalue weighted by atomic mass is 32.2. The monoisotopic (exact) mass is 550 g/mol. The highest BCUT2D eigenvalue weighted by Crippen LogP contribution is 2.42. The van der Waals surface area contributed by atoms with Crippen LogP contribution in [0.3, 0.4) is 0 Å². The summed E-state index contributed by atoms with van der Waals surface area (Å²) in [7, 11) is -4.05. The van der Waals surface area contributed by atoms with Crippen molar-refractivity contribution in [3.63, 3.8) is 0 Å². The van der Waals surface area contributed by atoms with Crippen LogP contribution in [-0.2, 0) is 22.7 Å². The number of benzene rings is 2. The molecule has 1 saturated carbocycles. The number of hydrogen-bond donors (Lipinski definition) is 1. The highest BCUT2D eigenvalue weighted by molar-refractivity contribution is 7.90. The van der Waals surface area contributed by atoms with Crippen LogP contribution in [0.5, 0.6) is 0 Å². The van der Waals surface area contributed by atoms with E-state index >= 15 is 4.39 Å². The number of nitrogens with one attached hydrogen (secondary N) is 1. The molecular formula is C25H25F7N2O2S. The predicted molar refractivity (Wildman–Crippen MR) is 126 cm³/mol. The third kappa shape index (κ3) is 5.79. The second-order valence-electron chi connectivity index (χ2n) is 10.5. The van der Waals surface area contributed by atoms with Gasteiger partial charge in [-0.1, -0.05) is 26.8 Å². The Bertz CT molecular complexity index is 1440. The average Bonchev–Trinajstić information content (AvgIpc) is 3.56. The molecule has 4 nitrogen and oxygen atoms in total. The van der Waals surface area contributed by atoms with Crippen molar-refractivity contribution < 1.29 is 39.2 Å². The number of hydrogen-bond acceptors (Lipinski definition) is 2. The molecule has 0 spiro atoms. The van der Waals surface area contributed by atoms with Gasteiger partial charge in [0.2, 0.25) is 10.0 Å². The Balaban J connectivity index is 1.95. The van der Waals surface area contributed by atoms with Gasteiger partial charge < -0.3 is 4.57 Å². The number of nitrogens with zero attached hydrogens (tertiary/aromatic N) is 1. The maximum atomic E-state index is 15.3. The van der Waals surface area contributed by atoms with Crippen molar-refractivity contribution >= 4 is 20.9 Å². The van der Waals surface area contributed by atoms with Crippen molar-refractivity contribution in [3.05, 3.63) is 59.3 Å². The van der Waals surface area contributed by atoms with Gasteiger partial charge in [0, 0.05) is 34.8 Å². The lowest BCUT2D eigenvalue weighted by molar-refractivity contribution is -0.137. The Morgan fingerprint density at radius 3 is 2.22 bits per heavy atom. The molecule has 1 N–H and O–H groups in total. The molecule has 0 bridgehead atoms. The number of aromatic nitrogens is 1. The minimum atomic E-state index is -4.99. The second-order valence-corrected chi connectivity index (χ2v) is 12.5. The molecule has 12 heteroatoms. The normalized spacial score (nSPS) is 16.1. The molecule has 1 atom stereocenters. The lowest BCUT2D eigenvalue weighted by atomic mass is 9.95. The molecule has 1 unspecified atom stereocenters. The Hall–Kier alpha value is -2.60. The van der Waals surface area contributed by atoms with Crippen LogP contribution < -0.4 is 4.72 Å². The van der Waals surface area contributed by atoms with Crippen LogP contribution in [0, 0.1) is 17.0 Å². The fourth-order valence-electron chi connectivity index (χ4n) is 4.32. The van der Waals surface area contributed by atoms with E-state index in [1.165, 1.54) is 10.8 Å². The van der Waals surface area contributed by atoms with Crippen LogP contribution >= 0.6 is 0 Å². The zero-order valence-corrected chi connectivity index (χ0v) is 21.0. The summed E-state index contributed by atoms with van der Waals surface area (Å²) in [6.45, 7) is 5.72. The Kier molecular flexibility index (Phi) is 6.90. The molecule has 37 heavy (non-hydrogen) atoms. The van der Waals surface area contributed by atoms with E-state index in [0.717, 1.165) is 24.3 Å². The first-order valence-electron chi connectivity index (χ1n) is 11.5. The average molecular weight is 551 g/mol. The summed E-state index contributed by atoms with van der Waals surface area (Å²) >= 11 is 0. The molecule has 1 aliphatic rings. The van der Waals surface area contributed by atoms with Gasteiger partial charge in [-0.25, -0.2) is 30.7 Å². The Labute approximate surface area is 209 Å². The van der Waals surface area contributed by atoms with Crippen molar-refractivity contribution in [2.75, 3.05) is 0 Å². The molecule has 0 saturated heterocycles. The maximum absolute atomic E-state index is 15.3. The van der Waals surface area contributed by atoms with Crippen LogP contribution in [0.15, 0.2) is 36.5 Å². The summed E-state index contributed by atoms with van der Waals surface area (Å²) in [4.78, 5) is 0. The molecule has 0 aliphatic heterocycles. The topological polar surface area (TPSA) is 51.1 Å². The van der Waals surface area contributed by atoms with Crippen LogP contribution in [0.25, 0.3) is 22.0 Å². The van der Waals surface area contributed by atoms with E-state index in [2.05, 4.69) is 0 Å². The summed E-state index contributed by atoms with van der Waals surface area (Å²) in [6.07, 6.45) is -6.21. The molecule has 1 aromatic heterocycles. The van der Waals surface area contributed by atoms with Crippen molar-refractivity contribution in [1.29, 1.82) is 0 Å². The van der Waals surface area contributed by atoms with Crippen LogP contribution in [-0.4, -0.2) is 24.7 Å². The Morgan fingerprint density at radius 2 is 1.68 bits per heavy atom. The SMILES string of the molecule is CC(C)(C)Cn1cc(C(NS(=O)(=O)C2CC2)C(F)F)c2cc(F)c(-c3ccc(F)cc3C(F)(F)F)cc21. The largest absolute Gasteiger partial charge is 0.417 e. The smallest absolute Gasteiger partial charge is 0.347 e. The van der Waals surface area contributed by atoms with Gasteiger partial charge in [-0.3, -0.25) is 0 Å². The first-order valence-corrected chi connectivity index (χ1v) is 13.0. The second kappa shape index (κ2) is 9.30. The fourth-order valence-corrected chi connectivity index (χ4v) is 5.85. The molecular weight excluding hydrogens is 525 g/mol. The molecule has 1 fully saturated rings. The summed E-state index contributed by atoms with van der Waals surface area (Å²) < 4.78 is 127. The molecule has 0 radical (unpaired) electrons. The molecule has 1 heterocycles. The van der Waals surface area contributed by atoms with Gasteiger partial charge >= 0.3 is 6.18 Å². The molecule has 202 valence electrons. The Morgan fingerprint density at radius 1 is 1.03 bits per heavy atom. The van der Waals surface area contributed by atoms with Gasteiger partial charge in [0.15, 0.2) is 0 Å². The van der Waals surface area contributed by atoms with E-state index in [1.807, 2.05) is 25.5 Å². The first-order chi connectivity index (χ1) is 17.0. The van der Waals surface area contributed by atoms with Crippen LogP contribution in [0.1, 0.15) is 50.8 Å². The number of alkyl halides is 5. The quantitative estimate of drug-likeness (QED) is 0.321. The summed E-state index contributed by atoms with van der Waals surface area (Å²) in [5.41, 5.74) is -2.99. The molecule has 4 rings (SSSR count). The minimum absolute atomic E-state index is 0.0648. The van der Waals surface area contributed by atoms with Crippen molar-refractivity contribution in [1.82, 2.24) is 9.29 Å². The van der Waals surface area contributed by atoms with Gasteiger partial charge in [-0.2, -0.15) is 13.2 Å². The lowest BCUT2D eigenvalue weighted by Gasteiger charge is -2.20. The van der Waals surface area contributed by atoms with Gasteiger partial charge in [0.25, 0.3) is 6.43 Å². The standard InChI is InChI=1S/C25H25F7N2O2S/c1-24(2,3)12-34-11-18(22(23(28)29)33-37(35,36)14-5-6-14)17-9-20(27)16(10-21(17)34)15-7-4-13(26)8-19(15)25(30,31)32/h4,7-11,14,22-23,33H,5-6,12H2,1-3H3. The van der Waals surface area contributed by atoms with Gasteiger partial charge in [-0.05, 0) is 48.1 Å². The number of fused-ring (bicyclic) bond motifs is 1. The van der Waals surface area contributed by atoms with Crippen LogP contribution in [0.2, 0.25) is 0 Å². The van der Waals surface area contributed by atoms with E-state index in [0.29, 0.717) is 12.8 Å². The van der Waals surface area contributed by atoms with Crippen LogP contribution in [0.4, 0.5) is 30.7 Å². The number of rotatable bonds is 7. The van der Waals surface area contributed by atoms with Gasteiger partial charge in [0.05, 0.1) is 10.8 Å². The lowest BCUT2D eigenvalue weighted by Crippen LogP contribution is -2.35. The van der Waals surface area contributed by atoms with E-state index in [-0.39, 0.29) is 29.1 Å². The van der Waals surface area contributed by atoms with Gasteiger partial charge in [-0.15, -0.1) is 0 Å². The predicted octanol–water partition coefficient (Wildman–Crippen LogP) is 7.04. The zero-order valence-electron chi connectivity index (χ0n) is 20.1. The molecule has 2 aromatic carbocycles. The summed E-state index contributed by atoms with van der Waals surface area (Å²) in [5, 5.41) is -0.843. The van der Waals surface area contributed by atoms with Gasteiger partial charge in [0.1, 0.15) is 17.7 Å². The summed E-state index contributed by atoms with van der Waals surface area (Å²) in [5.74, 6) is -2.31. The fraction of sp³-hybridized carbons (Fsp3) is 0.440. The minimum Gasteiger partial charge on any atom is -0.347 e. The first kappa shape index (κ1) is 27.4. The number of sulfonamides is 1. The third-order valence-electron chi connectivity index (χ3n) is 6.06. The maximum Gasteiger partial charge on any atom is 0.417 e. The highest BCUT2D eigenvalue weighted by Gasteiger charge is 2.40. The van der Waals surface area contributed by atoms with E-state index in [1.54, 1.807) is 0 Å². The molecule has 0 amide bonds. The van der Waals surface area contributed by atoms with E-state index in [9.17, 15) is 34.8 Å². The van der Waals surface area contributed by atoms with E-state index in [4.69, 9.17) is 0 Å². The number of halogens is 7. The van der Waals surface area contributed by atoms with Crippen molar-refractivity contribution in [2.24, 2.45) is 5.41 Å². The molecule has 3 aromatic rings. The van der Waals surface area contributed by atoms with Crippen molar-refractivity contribution in [2.45, 2.75) is 64.1 Å². The third-order valence-corrected chi connectivity index (χ3v) is 8.00.